The van der Waals surface area contributed by atoms with Crippen LogP contribution >= 0.6 is 11.6 Å². The van der Waals surface area contributed by atoms with E-state index in [2.05, 4.69) is 12.0 Å². The van der Waals surface area contributed by atoms with Crippen LogP contribution in [0, 0.1) is 0 Å². The summed E-state index contributed by atoms with van der Waals surface area (Å²) in [6.45, 7) is 2.50. The van der Waals surface area contributed by atoms with Gasteiger partial charge in [0, 0.05) is 18.2 Å². The number of aryl methyl sites for hydroxylation is 1. The smallest absolute Gasteiger partial charge is 0.344 e. The summed E-state index contributed by atoms with van der Waals surface area (Å²) in [7, 11) is 1.59. The van der Waals surface area contributed by atoms with E-state index < -0.39 is 5.97 Å². The molecule has 3 rings (SSSR count). The van der Waals surface area contributed by atoms with Gasteiger partial charge in [0.1, 0.15) is 0 Å². The number of carbonyl (C=O) groups is 1. The zero-order valence-electron chi connectivity index (χ0n) is 16.7. The number of halogens is 1. The maximum absolute atomic E-state index is 12.7. The molecule has 0 aliphatic carbocycles. The normalized spacial score (nSPS) is 10.9. The number of hydrogen-bond donors (Lipinski definition) is 0. The summed E-state index contributed by atoms with van der Waals surface area (Å²) in [4.78, 5) is 12.7. The van der Waals surface area contributed by atoms with Crippen LogP contribution in [0.25, 0.3) is 5.69 Å². The molecule has 1 heterocycles. The maximum Gasteiger partial charge on any atom is 0.344 e. The molecule has 1 aromatic heterocycles. The Balaban J connectivity index is 1.79. The topological polar surface area (TPSA) is 53.4 Å². The van der Waals surface area contributed by atoms with Crippen LogP contribution in [-0.4, -0.2) is 22.9 Å². The molecule has 6 heteroatoms. The number of aromatic nitrogens is 2. The molecule has 2 aromatic carbocycles. The van der Waals surface area contributed by atoms with Crippen molar-refractivity contribution in [3.05, 3.63) is 76.4 Å². The van der Waals surface area contributed by atoms with Crippen molar-refractivity contribution < 1.29 is 14.3 Å². The third-order valence-corrected chi connectivity index (χ3v) is 4.76. The van der Waals surface area contributed by atoms with Gasteiger partial charge in [-0.25, -0.2) is 9.48 Å². The molecule has 0 N–H and O–H groups in total. The van der Waals surface area contributed by atoms with Crippen LogP contribution in [0.5, 0.6) is 5.88 Å². The zero-order chi connectivity index (χ0) is 20.6. The van der Waals surface area contributed by atoms with Crippen molar-refractivity contribution in [2.24, 2.45) is 0 Å². The van der Waals surface area contributed by atoms with E-state index in [1.54, 1.807) is 42.1 Å². The van der Waals surface area contributed by atoms with E-state index in [1.807, 2.05) is 24.3 Å². The third-order valence-electron chi connectivity index (χ3n) is 4.53. The molecule has 0 radical (unpaired) electrons. The number of methoxy groups -OCH3 is 1. The Morgan fingerprint density at radius 2 is 1.90 bits per heavy atom. The van der Waals surface area contributed by atoms with Crippen LogP contribution in [0.15, 0.2) is 54.6 Å². The summed E-state index contributed by atoms with van der Waals surface area (Å²) in [5.74, 6) is -0.117. The minimum absolute atomic E-state index is 0.310. The highest BCUT2D eigenvalue weighted by Gasteiger charge is 2.16. The van der Waals surface area contributed by atoms with E-state index in [0.717, 1.165) is 12.8 Å². The van der Waals surface area contributed by atoms with E-state index in [4.69, 9.17) is 21.1 Å². The molecule has 0 saturated carbocycles. The Bertz CT molecular complexity index is 951. The van der Waals surface area contributed by atoms with Gasteiger partial charge >= 0.3 is 5.97 Å². The SMILES string of the molecule is CCCCCc1ccc(C(=O)Oc2cc(COC)nn2-c2cccc(Cl)c2)cc1. The molecule has 0 aliphatic rings. The van der Waals surface area contributed by atoms with E-state index >= 15 is 0 Å². The number of esters is 1. The molecule has 3 aromatic rings. The fourth-order valence-corrected chi connectivity index (χ4v) is 3.22. The number of unbranched alkanes of at least 4 members (excludes halogenated alkanes) is 2. The molecule has 29 heavy (non-hydrogen) atoms. The van der Waals surface area contributed by atoms with Gasteiger partial charge in [-0.2, -0.15) is 5.10 Å². The van der Waals surface area contributed by atoms with Crippen molar-refractivity contribution in [1.82, 2.24) is 9.78 Å². The maximum atomic E-state index is 12.7. The highest BCUT2D eigenvalue weighted by atomic mass is 35.5. The molecular weight excluding hydrogens is 388 g/mol. The van der Waals surface area contributed by atoms with Gasteiger partial charge < -0.3 is 9.47 Å². The number of ether oxygens (including phenoxy) is 2. The predicted molar refractivity (Wildman–Crippen MR) is 114 cm³/mol. The standard InChI is InChI=1S/C23H25ClN2O3/c1-3-4-5-7-17-10-12-18(13-11-17)23(27)29-22-15-20(16-28-2)25-26(22)21-9-6-8-19(24)14-21/h6,8-15H,3-5,7,16H2,1-2H3. The second-order valence-corrected chi connectivity index (χ2v) is 7.28. The highest BCUT2D eigenvalue weighted by molar-refractivity contribution is 6.30. The van der Waals surface area contributed by atoms with Crippen LogP contribution < -0.4 is 4.74 Å². The molecule has 152 valence electrons. The molecular formula is C23H25ClN2O3. The molecule has 0 bridgehead atoms. The van der Waals surface area contributed by atoms with Crippen molar-refractivity contribution in [2.75, 3.05) is 7.11 Å². The molecule has 0 amide bonds. The molecule has 0 atom stereocenters. The summed E-state index contributed by atoms with van der Waals surface area (Å²) in [6.07, 6.45) is 4.57. The first-order valence-corrected chi connectivity index (χ1v) is 10.1. The fourth-order valence-electron chi connectivity index (χ4n) is 3.03. The first kappa shape index (κ1) is 21.1. The largest absolute Gasteiger partial charge is 0.404 e. The Labute approximate surface area is 176 Å². The van der Waals surface area contributed by atoms with Crippen LogP contribution in [0.3, 0.4) is 0 Å². The molecule has 0 saturated heterocycles. The van der Waals surface area contributed by atoms with Crippen LogP contribution in [-0.2, 0) is 17.8 Å². The lowest BCUT2D eigenvalue weighted by molar-refractivity contribution is 0.0723. The Morgan fingerprint density at radius 3 is 2.59 bits per heavy atom. The minimum Gasteiger partial charge on any atom is -0.404 e. The number of benzene rings is 2. The Hall–Kier alpha value is -2.63. The van der Waals surface area contributed by atoms with Gasteiger partial charge in [0.05, 0.1) is 23.6 Å². The average Bonchev–Trinajstić information content (AvgIpc) is 3.11. The summed E-state index contributed by atoms with van der Waals surface area (Å²) in [5, 5.41) is 5.04. The Morgan fingerprint density at radius 1 is 1.10 bits per heavy atom. The van der Waals surface area contributed by atoms with Crippen molar-refractivity contribution in [2.45, 2.75) is 39.2 Å². The van der Waals surface area contributed by atoms with E-state index in [1.165, 1.54) is 18.4 Å². The number of hydrogen-bond acceptors (Lipinski definition) is 4. The molecule has 5 nitrogen and oxygen atoms in total. The van der Waals surface area contributed by atoms with E-state index in [0.29, 0.717) is 34.5 Å². The lowest BCUT2D eigenvalue weighted by Crippen LogP contribution is -2.11. The van der Waals surface area contributed by atoms with Gasteiger partial charge in [0.25, 0.3) is 0 Å². The van der Waals surface area contributed by atoms with Gasteiger partial charge in [-0.05, 0) is 48.7 Å². The highest BCUT2D eigenvalue weighted by Crippen LogP contribution is 2.23. The first-order chi connectivity index (χ1) is 14.1. The first-order valence-electron chi connectivity index (χ1n) is 9.75. The summed E-state index contributed by atoms with van der Waals surface area (Å²) < 4.78 is 12.4. The minimum atomic E-state index is -0.433. The lowest BCUT2D eigenvalue weighted by Gasteiger charge is -2.09. The monoisotopic (exact) mass is 412 g/mol. The second kappa shape index (κ2) is 10.2. The quantitative estimate of drug-likeness (QED) is 0.338. The summed E-state index contributed by atoms with van der Waals surface area (Å²) >= 11 is 6.10. The predicted octanol–water partition coefficient (Wildman–Crippen LogP) is 5.62. The Kier molecular flexibility index (Phi) is 7.44. The van der Waals surface area contributed by atoms with Gasteiger partial charge in [-0.3, -0.25) is 0 Å². The molecule has 0 fully saturated rings. The molecule has 0 spiro atoms. The van der Waals surface area contributed by atoms with Crippen LogP contribution in [0.4, 0.5) is 0 Å². The number of nitrogens with zero attached hydrogens (tertiary/aromatic N) is 2. The van der Waals surface area contributed by atoms with Gasteiger partial charge in [0.2, 0.25) is 5.88 Å². The second-order valence-electron chi connectivity index (χ2n) is 6.84. The van der Waals surface area contributed by atoms with Gasteiger partial charge in [0.15, 0.2) is 0 Å². The van der Waals surface area contributed by atoms with Crippen LogP contribution in [0.2, 0.25) is 5.02 Å². The number of rotatable bonds is 9. The van der Waals surface area contributed by atoms with E-state index in [-0.39, 0.29) is 0 Å². The van der Waals surface area contributed by atoms with Crippen molar-refractivity contribution in [3.8, 4) is 11.6 Å². The summed E-state index contributed by atoms with van der Waals surface area (Å²) in [5.41, 5.74) is 3.08. The molecule has 0 unspecified atom stereocenters. The van der Waals surface area contributed by atoms with Crippen molar-refractivity contribution >= 4 is 17.6 Å². The zero-order valence-corrected chi connectivity index (χ0v) is 17.5. The lowest BCUT2D eigenvalue weighted by atomic mass is 10.1. The van der Waals surface area contributed by atoms with E-state index in [9.17, 15) is 4.79 Å². The average molecular weight is 413 g/mol. The third kappa shape index (κ3) is 5.68. The van der Waals surface area contributed by atoms with Crippen LogP contribution in [0.1, 0.15) is 47.8 Å². The summed E-state index contributed by atoms with van der Waals surface area (Å²) in [6, 6.07) is 16.5. The fraction of sp³-hybridized carbons (Fsp3) is 0.304. The van der Waals surface area contributed by atoms with Gasteiger partial charge in [-0.15, -0.1) is 0 Å². The van der Waals surface area contributed by atoms with Crippen molar-refractivity contribution in [3.63, 3.8) is 0 Å². The van der Waals surface area contributed by atoms with Crippen molar-refractivity contribution in [1.29, 1.82) is 0 Å². The molecule has 0 aliphatic heterocycles. The van der Waals surface area contributed by atoms with Gasteiger partial charge in [-0.1, -0.05) is 49.6 Å². The number of carbonyl (C=O) groups excluding carboxylic acids is 1.